The number of ether oxygens (including phenoxy) is 4. The molecular formula is C33H60N2O10. The van der Waals surface area contributed by atoms with Crippen LogP contribution in [0.3, 0.4) is 0 Å². The molecule has 12 heteroatoms. The molecule has 0 aliphatic heterocycles. The fourth-order valence-corrected chi connectivity index (χ4v) is 4.33. The Balaban J connectivity index is 4.57. The van der Waals surface area contributed by atoms with E-state index in [9.17, 15) is 29.1 Å². The third-order valence-corrected chi connectivity index (χ3v) is 7.09. The Kier molecular flexibility index (Phi) is 28.6. The molecule has 0 aromatic carbocycles. The van der Waals surface area contributed by atoms with Gasteiger partial charge in [0.05, 0.1) is 52.9 Å². The summed E-state index contributed by atoms with van der Waals surface area (Å²) in [7, 11) is 0. The van der Waals surface area contributed by atoms with E-state index in [-0.39, 0.29) is 68.9 Å². The van der Waals surface area contributed by atoms with Gasteiger partial charge >= 0.3 is 5.97 Å². The van der Waals surface area contributed by atoms with E-state index in [0.29, 0.717) is 58.9 Å². The molecule has 0 saturated carbocycles. The molecule has 45 heavy (non-hydrogen) atoms. The van der Waals surface area contributed by atoms with Gasteiger partial charge in [0.2, 0.25) is 11.8 Å². The number of unbranched alkanes of at least 4 members (excludes halogenated alkanes) is 8. The van der Waals surface area contributed by atoms with E-state index in [2.05, 4.69) is 12.2 Å². The number of hydrogen-bond acceptors (Lipinski definition) is 9. The highest BCUT2D eigenvalue weighted by molar-refractivity contribution is 5.84. The topological polar surface area (TPSA) is 158 Å². The van der Waals surface area contributed by atoms with Crippen molar-refractivity contribution in [3.8, 4) is 0 Å². The van der Waals surface area contributed by atoms with Crippen LogP contribution in [0.5, 0.6) is 0 Å². The van der Waals surface area contributed by atoms with E-state index >= 15 is 0 Å². The number of nitrogens with zero attached hydrogens (tertiary/aromatic N) is 1. The average molecular weight is 645 g/mol. The number of Topliss-reactive ketones (excluding diaryl/α,β-unsaturated/α-hetero) is 2. The molecule has 2 amide bonds. The lowest BCUT2D eigenvalue weighted by Crippen LogP contribution is -2.42. The first kappa shape index (κ1) is 42.6. The Morgan fingerprint density at radius 1 is 0.600 bits per heavy atom. The lowest BCUT2D eigenvalue weighted by molar-refractivity contribution is -0.142. The van der Waals surface area contributed by atoms with Gasteiger partial charge < -0.3 is 34.3 Å². The standard InChI is InChI=1S/C33H60N2O10/c1-4-5-6-7-8-9-10-11-12-13-31(38)34-30(33(40)41)14-15-32(39)35(18-22-44-26-24-42-20-16-28(2)36)19-23-45-27-25-43-21-17-29(3)37/h30H,4-27H2,1-3H3,(H,34,38)(H,40,41). The van der Waals surface area contributed by atoms with Crippen molar-refractivity contribution in [1.82, 2.24) is 10.2 Å². The summed E-state index contributed by atoms with van der Waals surface area (Å²) in [4.78, 5) is 60.8. The predicted molar refractivity (Wildman–Crippen MR) is 171 cm³/mol. The van der Waals surface area contributed by atoms with E-state index in [1.165, 1.54) is 46.0 Å². The molecule has 0 saturated heterocycles. The van der Waals surface area contributed by atoms with Crippen molar-refractivity contribution in [2.45, 2.75) is 117 Å². The van der Waals surface area contributed by atoms with Crippen LogP contribution in [-0.4, -0.2) is 111 Å². The molecule has 0 aliphatic carbocycles. The van der Waals surface area contributed by atoms with Crippen LogP contribution in [0.25, 0.3) is 0 Å². The van der Waals surface area contributed by atoms with Crippen LogP contribution in [-0.2, 0) is 42.9 Å². The third-order valence-electron chi connectivity index (χ3n) is 7.09. The number of carboxylic acids is 1. The van der Waals surface area contributed by atoms with E-state index < -0.39 is 12.0 Å². The highest BCUT2D eigenvalue weighted by Gasteiger charge is 2.23. The highest BCUT2D eigenvalue weighted by atomic mass is 16.5. The van der Waals surface area contributed by atoms with E-state index in [0.717, 1.165) is 19.3 Å². The maximum atomic E-state index is 13.0. The number of ketones is 2. The number of nitrogens with one attached hydrogen (secondary N) is 1. The second-order valence-corrected chi connectivity index (χ2v) is 11.3. The second kappa shape index (κ2) is 30.3. The van der Waals surface area contributed by atoms with Gasteiger partial charge in [-0.05, 0) is 26.7 Å². The van der Waals surface area contributed by atoms with Crippen LogP contribution in [0.1, 0.15) is 111 Å². The molecule has 0 spiro atoms. The van der Waals surface area contributed by atoms with E-state index in [4.69, 9.17) is 18.9 Å². The largest absolute Gasteiger partial charge is 0.480 e. The SMILES string of the molecule is CCCCCCCCCCCC(=O)NC(CCC(=O)N(CCOCCOCCC(C)=O)CCOCCOCCC(C)=O)C(=O)O. The van der Waals surface area contributed by atoms with Crippen LogP contribution < -0.4 is 5.32 Å². The predicted octanol–water partition coefficient (Wildman–Crippen LogP) is 4.11. The smallest absolute Gasteiger partial charge is 0.326 e. The Bertz CT molecular complexity index is 778. The van der Waals surface area contributed by atoms with Gasteiger partial charge in [-0.3, -0.25) is 19.2 Å². The number of hydrogen-bond donors (Lipinski definition) is 2. The summed E-state index contributed by atoms with van der Waals surface area (Å²) in [6, 6.07) is -1.14. The number of rotatable bonds is 33. The summed E-state index contributed by atoms with van der Waals surface area (Å²) in [5, 5.41) is 12.2. The summed E-state index contributed by atoms with van der Waals surface area (Å²) in [5.74, 6) is -1.64. The molecule has 0 aromatic heterocycles. The minimum Gasteiger partial charge on any atom is -0.480 e. The monoisotopic (exact) mass is 644 g/mol. The summed E-state index contributed by atoms with van der Waals surface area (Å²) >= 11 is 0. The van der Waals surface area contributed by atoms with Gasteiger partial charge in [-0.25, -0.2) is 4.79 Å². The first-order valence-electron chi connectivity index (χ1n) is 16.8. The second-order valence-electron chi connectivity index (χ2n) is 11.3. The lowest BCUT2D eigenvalue weighted by Gasteiger charge is -2.24. The van der Waals surface area contributed by atoms with Crippen LogP contribution >= 0.6 is 0 Å². The van der Waals surface area contributed by atoms with E-state index in [1.807, 2.05) is 0 Å². The van der Waals surface area contributed by atoms with Crippen molar-refractivity contribution in [2.75, 3.05) is 65.9 Å². The molecule has 0 heterocycles. The number of carbonyl (C=O) groups excluding carboxylic acids is 4. The van der Waals surface area contributed by atoms with Crippen molar-refractivity contribution in [2.24, 2.45) is 0 Å². The van der Waals surface area contributed by atoms with Gasteiger partial charge in [0.15, 0.2) is 0 Å². The summed E-state index contributed by atoms with van der Waals surface area (Å²) < 4.78 is 21.8. The maximum Gasteiger partial charge on any atom is 0.326 e. The Labute approximate surface area is 270 Å². The zero-order valence-electron chi connectivity index (χ0n) is 28.1. The molecule has 2 N–H and O–H groups in total. The van der Waals surface area contributed by atoms with Gasteiger partial charge in [0.25, 0.3) is 0 Å². The van der Waals surface area contributed by atoms with Gasteiger partial charge in [-0.2, -0.15) is 0 Å². The van der Waals surface area contributed by atoms with Gasteiger partial charge in [-0.15, -0.1) is 0 Å². The van der Waals surface area contributed by atoms with Gasteiger partial charge in [0.1, 0.15) is 17.6 Å². The Hall–Kier alpha value is -2.41. The quantitative estimate of drug-likeness (QED) is 0.0997. The maximum absolute atomic E-state index is 13.0. The van der Waals surface area contributed by atoms with Crippen molar-refractivity contribution in [3.63, 3.8) is 0 Å². The minimum absolute atomic E-state index is 0.0239. The molecule has 1 atom stereocenters. The normalized spacial score (nSPS) is 11.7. The molecule has 0 fully saturated rings. The van der Waals surface area contributed by atoms with Crippen LogP contribution in [0, 0.1) is 0 Å². The average Bonchev–Trinajstić information content (AvgIpc) is 2.99. The summed E-state index contributed by atoms with van der Waals surface area (Å²) in [5.41, 5.74) is 0. The number of amides is 2. The molecule has 12 nitrogen and oxygen atoms in total. The molecule has 0 bridgehead atoms. The van der Waals surface area contributed by atoms with Crippen molar-refractivity contribution < 1.29 is 48.0 Å². The zero-order valence-corrected chi connectivity index (χ0v) is 28.1. The fraction of sp³-hybridized carbons (Fsp3) is 0.848. The first-order chi connectivity index (χ1) is 21.7. The fourth-order valence-electron chi connectivity index (χ4n) is 4.33. The summed E-state index contributed by atoms with van der Waals surface area (Å²) in [6.07, 6.45) is 11.0. The molecule has 0 aliphatic rings. The van der Waals surface area contributed by atoms with Crippen molar-refractivity contribution in [1.29, 1.82) is 0 Å². The molecule has 0 aromatic rings. The Morgan fingerprint density at radius 2 is 1.04 bits per heavy atom. The van der Waals surface area contributed by atoms with E-state index in [1.54, 1.807) is 4.90 Å². The molecule has 0 radical (unpaired) electrons. The molecule has 0 rings (SSSR count). The van der Waals surface area contributed by atoms with Crippen molar-refractivity contribution >= 4 is 29.4 Å². The molecular weight excluding hydrogens is 584 g/mol. The number of carbonyl (C=O) groups is 5. The minimum atomic E-state index is -1.17. The van der Waals surface area contributed by atoms with Crippen LogP contribution in [0.2, 0.25) is 0 Å². The van der Waals surface area contributed by atoms with Gasteiger partial charge in [-0.1, -0.05) is 58.3 Å². The van der Waals surface area contributed by atoms with Crippen molar-refractivity contribution in [3.05, 3.63) is 0 Å². The Morgan fingerprint density at radius 3 is 1.49 bits per heavy atom. The molecule has 1 unspecified atom stereocenters. The van der Waals surface area contributed by atoms with Crippen LogP contribution in [0.4, 0.5) is 0 Å². The molecule has 262 valence electrons. The zero-order chi connectivity index (χ0) is 33.5. The lowest BCUT2D eigenvalue weighted by atomic mass is 10.1. The van der Waals surface area contributed by atoms with Crippen LogP contribution in [0.15, 0.2) is 0 Å². The third kappa shape index (κ3) is 28.8. The highest BCUT2D eigenvalue weighted by Crippen LogP contribution is 2.11. The van der Waals surface area contributed by atoms with Gasteiger partial charge in [0, 0.05) is 38.8 Å². The number of aliphatic carboxylic acids is 1. The first-order valence-corrected chi connectivity index (χ1v) is 16.8. The summed E-state index contributed by atoms with van der Waals surface area (Å²) in [6.45, 7) is 8.16. The number of carboxylic acid groups (broad SMARTS) is 1.